The van der Waals surface area contributed by atoms with Crippen LogP contribution in [0.5, 0.6) is 0 Å². The van der Waals surface area contributed by atoms with Crippen molar-refractivity contribution in [1.29, 1.82) is 0 Å². The molecular formula is C52H33NO2. The first-order valence-corrected chi connectivity index (χ1v) is 18.7. The average Bonchev–Trinajstić information content (AvgIpc) is 3.85. The highest BCUT2D eigenvalue weighted by molar-refractivity contribution is 6.24. The minimum atomic E-state index is 0.840. The van der Waals surface area contributed by atoms with Gasteiger partial charge in [-0.2, -0.15) is 0 Å². The molecule has 258 valence electrons. The van der Waals surface area contributed by atoms with Gasteiger partial charge >= 0.3 is 0 Å². The lowest BCUT2D eigenvalue weighted by Crippen LogP contribution is -2.10. The lowest BCUT2D eigenvalue weighted by molar-refractivity contribution is 0.670. The largest absolute Gasteiger partial charge is 0.455 e. The van der Waals surface area contributed by atoms with Crippen LogP contribution in [0, 0.1) is 0 Å². The van der Waals surface area contributed by atoms with Gasteiger partial charge in [0.2, 0.25) is 0 Å². The highest BCUT2D eigenvalue weighted by Gasteiger charge is 2.23. The molecule has 11 aromatic rings. The molecule has 3 heteroatoms. The van der Waals surface area contributed by atoms with Gasteiger partial charge in [0.1, 0.15) is 16.7 Å². The predicted molar refractivity (Wildman–Crippen MR) is 229 cm³/mol. The molecule has 0 aliphatic carbocycles. The Morgan fingerprint density at radius 3 is 1.80 bits per heavy atom. The van der Waals surface area contributed by atoms with E-state index in [-0.39, 0.29) is 0 Å². The second-order valence-corrected chi connectivity index (χ2v) is 14.1. The third-order valence-electron chi connectivity index (χ3n) is 10.8. The molecule has 0 bridgehead atoms. The van der Waals surface area contributed by atoms with Crippen LogP contribution in [0.25, 0.3) is 88.0 Å². The van der Waals surface area contributed by atoms with E-state index in [0.717, 1.165) is 88.8 Å². The summed E-state index contributed by atoms with van der Waals surface area (Å²) < 4.78 is 13.6. The van der Waals surface area contributed by atoms with Crippen LogP contribution in [-0.4, -0.2) is 0 Å². The van der Waals surface area contributed by atoms with E-state index in [1.807, 2.05) is 12.1 Å². The number of nitrogens with zero attached hydrogens (tertiary/aromatic N) is 1. The Hall–Kier alpha value is -7.36. The maximum absolute atomic E-state index is 7.13. The molecule has 2 heterocycles. The number of rotatable bonds is 6. The Bertz CT molecular complexity index is 3190. The minimum absolute atomic E-state index is 0.840. The van der Waals surface area contributed by atoms with Gasteiger partial charge in [0.05, 0.1) is 5.69 Å². The van der Waals surface area contributed by atoms with Crippen LogP contribution in [0.15, 0.2) is 209 Å². The zero-order valence-corrected chi connectivity index (χ0v) is 29.8. The predicted octanol–water partition coefficient (Wildman–Crippen LogP) is 15.1. The molecule has 0 saturated heterocycles. The highest BCUT2D eigenvalue weighted by atomic mass is 16.3. The second-order valence-electron chi connectivity index (χ2n) is 14.1. The highest BCUT2D eigenvalue weighted by Crippen LogP contribution is 2.47. The smallest absolute Gasteiger partial charge is 0.159 e. The van der Waals surface area contributed by atoms with Crippen LogP contribution in [0.3, 0.4) is 0 Å². The van der Waals surface area contributed by atoms with Crippen LogP contribution in [0.4, 0.5) is 17.1 Å². The van der Waals surface area contributed by atoms with E-state index in [1.54, 1.807) is 0 Å². The van der Waals surface area contributed by atoms with Crippen molar-refractivity contribution in [2.45, 2.75) is 0 Å². The SMILES string of the molecule is c1ccc(-c2cccc(N(c3ccc(-c4cccc5c4oc4ccccc45)cc3)c3cccc4c3oc3c(-c5ccccc5)cc5ccccc5c34)c2)cc1. The number of furan rings is 2. The third-order valence-corrected chi connectivity index (χ3v) is 10.8. The summed E-state index contributed by atoms with van der Waals surface area (Å²) >= 11 is 0. The van der Waals surface area contributed by atoms with E-state index < -0.39 is 0 Å². The fourth-order valence-corrected chi connectivity index (χ4v) is 8.29. The van der Waals surface area contributed by atoms with Gasteiger partial charge in [-0.3, -0.25) is 0 Å². The summed E-state index contributed by atoms with van der Waals surface area (Å²) in [5.41, 5.74) is 13.2. The molecule has 3 nitrogen and oxygen atoms in total. The fraction of sp³-hybridized carbons (Fsp3) is 0. The van der Waals surface area contributed by atoms with Gasteiger partial charge in [-0.25, -0.2) is 0 Å². The second kappa shape index (κ2) is 12.6. The molecule has 0 atom stereocenters. The van der Waals surface area contributed by atoms with Crippen LogP contribution >= 0.6 is 0 Å². The lowest BCUT2D eigenvalue weighted by Gasteiger charge is -2.26. The van der Waals surface area contributed by atoms with Crippen molar-refractivity contribution in [2.75, 3.05) is 4.90 Å². The van der Waals surface area contributed by atoms with Crippen LogP contribution in [-0.2, 0) is 0 Å². The molecule has 0 amide bonds. The third kappa shape index (κ3) is 5.13. The number of hydrogen-bond acceptors (Lipinski definition) is 3. The number of benzene rings is 9. The first-order chi connectivity index (χ1) is 27.3. The van der Waals surface area contributed by atoms with E-state index >= 15 is 0 Å². The topological polar surface area (TPSA) is 29.5 Å². The summed E-state index contributed by atoms with van der Waals surface area (Å²) in [4.78, 5) is 2.33. The van der Waals surface area contributed by atoms with Crippen molar-refractivity contribution in [3.8, 4) is 33.4 Å². The van der Waals surface area contributed by atoms with E-state index in [0.29, 0.717) is 0 Å². The molecule has 2 aromatic heterocycles. The Morgan fingerprint density at radius 1 is 0.327 bits per heavy atom. The summed E-state index contributed by atoms with van der Waals surface area (Å²) in [5, 5.41) is 6.82. The zero-order chi connectivity index (χ0) is 36.3. The fourth-order valence-electron chi connectivity index (χ4n) is 8.29. The number of anilines is 3. The van der Waals surface area contributed by atoms with Gasteiger partial charge in [0.25, 0.3) is 0 Å². The van der Waals surface area contributed by atoms with Gasteiger partial charge in [0, 0.05) is 44.0 Å². The normalized spacial score (nSPS) is 11.6. The van der Waals surface area contributed by atoms with Gasteiger partial charge < -0.3 is 13.7 Å². The molecular weight excluding hydrogens is 671 g/mol. The zero-order valence-electron chi connectivity index (χ0n) is 29.8. The Kier molecular flexibility index (Phi) is 7.17. The molecule has 0 spiro atoms. The van der Waals surface area contributed by atoms with Crippen LogP contribution in [0.2, 0.25) is 0 Å². The quantitative estimate of drug-likeness (QED) is 0.173. The van der Waals surface area contributed by atoms with Crippen molar-refractivity contribution < 1.29 is 8.83 Å². The van der Waals surface area contributed by atoms with Gasteiger partial charge in [-0.1, -0.05) is 158 Å². The van der Waals surface area contributed by atoms with E-state index in [4.69, 9.17) is 8.83 Å². The number of hydrogen-bond donors (Lipinski definition) is 0. The molecule has 0 fully saturated rings. The summed E-state index contributed by atoms with van der Waals surface area (Å²) in [6.07, 6.45) is 0. The molecule has 55 heavy (non-hydrogen) atoms. The number of para-hydroxylation sites is 3. The van der Waals surface area contributed by atoms with Crippen molar-refractivity contribution in [3.05, 3.63) is 200 Å². The molecule has 9 aromatic carbocycles. The van der Waals surface area contributed by atoms with Crippen molar-refractivity contribution >= 4 is 71.7 Å². The molecule has 0 aliphatic heterocycles. The van der Waals surface area contributed by atoms with Crippen molar-refractivity contribution in [3.63, 3.8) is 0 Å². The summed E-state index contributed by atoms with van der Waals surface area (Å²) in [6, 6.07) is 70.7. The van der Waals surface area contributed by atoms with E-state index in [2.05, 4.69) is 193 Å². The molecule has 0 saturated carbocycles. The van der Waals surface area contributed by atoms with E-state index in [1.165, 1.54) is 16.3 Å². The van der Waals surface area contributed by atoms with Gasteiger partial charge in [0.15, 0.2) is 5.58 Å². The number of fused-ring (bicyclic) bond motifs is 8. The first kappa shape index (κ1) is 31.2. The van der Waals surface area contributed by atoms with Gasteiger partial charge in [-0.05, 0) is 75.5 Å². The maximum atomic E-state index is 7.13. The molecule has 0 aliphatic rings. The summed E-state index contributed by atoms with van der Waals surface area (Å²) in [6.45, 7) is 0. The van der Waals surface area contributed by atoms with Crippen LogP contribution in [0.1, 0.15) is 0 Å². The summed E-state index contributed by atoms with van der Waals surface area (Å²) in [7, 11) is 0. The molecule has 0 radical (unpaired) electrons. The lowest BCUT2D eigenvalue weighted by atomic mass is 9.96. The Morgan fingerprint density at radius 2 is 0.964 bits per heavy atom. The molecule has 11 rings (SSSR count). The van der Waals surface area contributed by atoms with Gasteiger partial charge in [-0.15, -0.1) is 0 Å². The minimum Gasteiger partial charge on any atom is -0.455 e. The monoisotopic (exact) mass is 703 g/mol. The Labute approximate surface area is 317 Å². The summed E-state index contributed by atoms with van der Waals surface area (Å²) in [5.74, 6) is 0. The molecule has 0 N–H and O–H groups in total. The van der Waals surface area contributed by atoms with E-state index in [9.17, 15) is 0 Å². The first-order valence-electron chi connectivity index (χ1n) is 18.7. The Balaban J connectivity index is 1.14. The van der Waals surface area contributed by atoms with Crippen molar-refractivity contribution in [1.82, 2.24) is 0 Å². The maximum Gasteiger partial charge on any atom is 0.159 e. The molecule has 0 unspecified atom stereocenters. The average molecular weight is 704 g/mol. The van der Waals surface area contributed by atoms with Crippen molar-refractivity contribution in [2.24, 2.45) is 0 Å². The van der Waals surface area contributed by atoms with Crippen LogP contribution < -0.4 is 4.90 Å². The standard InChI is InChI=1S/C52H33NO2/c1-3-14-34(15-4-1)37-19-11-20-40(32-37)53(39-30-28-36(29-31-39)42-23-12-24-44-43-22-9-10-27-48(43)54-50(42)44)47-26-13-25-45-49-41-21-8-7-18-38(41)33-46(52(49)55-51(45)47)35-16-5-2-6-17-35/h1-33H.